The highest BCUT2D eigenvalue weighted by Crippen LogP contribution is 2.23. The molecule has 0 saturated heterocycles. The molecular weight excluding hydrogens is 233 g/mol. The van der Waals surface area contributed by atoms with Crippen molar-refractivity contribution in [1.29, 1.82) is 0 Å². The number of anilines is 1. The molecule has 0 atom stereocenters. The zero-order valence-electron chi connectivity index (χ0n) is 9.21. The summed E-state index contributed by atoms with van der Waals surface area (Å²) in [6.07, 6.45) is 4.17. The number of nitrogen functional groups attached to an aromatic ring is 1. The number of nitrogens with zero attached hydrogens (tertiary/aromatic N) is 4. The van der Waals surface area contributed by atoms with Crippen LogP contribution in [-0.4, -0.2) is 19.9 Å². The van der Waals surface area contributed by atoms with Crippen molar-refractivity contribution in [3.05, 3.63) is 42.7 Å². The van der Waals surface area contributed by atoms with Gasteiger partial charge in [-0.15, -0.1) is 0 Å². The van der Waals surface area contributed by atoms with Gasteiger partial charge >= 0.3 is 0 Å². The molecule has 3 heterocycles. The zero-order chi connectivity index (χ0) is 12.5. The first-order valence-corrected chi connectivity index (χ1v) is 5.23. The second-order valence-corrected chi connectivity index (χ2v) is 3.68. The fourth-order valence-corrected chi connectivity index (χ4v) is 1.67. The maximum absolute atomic E-state index is 13.6. The lowest BCUT2D eigenvalue weighted by Gasteiger charge is -2.04. The molecule has 6 heteroatoms. The second-order valence-electron chi connectivity index (χ2n) is 3.68. The zero-order valence-corrected chi connectivity index (χ0v) is 9.21. The highest BCUT2D eigenvalue weighted by Gasteiger charge is 2.09. The summed E-state index contributed by atoms with van der Waals surface area (Å²) in [6.45, 7) is 0. The molecule has 0 amide bonds. The van der Waals surface area contributed by atoms with Crippen LogP contribution in [0.15, 0.2) is 36.9 Å². The summed E-state index contributed by atoms with van der Waals surface area (Å²) in [5, 5.41) is 0. The molecule has 3 aromatic rings. The number of aromatic nitrogens is 4. The van der Waals surface area contributed by atoms with Crippen molar-refractivity contribution in [3.8, 4) is 11.3 Å². The van der Waals surface area contributed by atoms with Gasteiger partial charge in [0.2, 0.25) is 0 Å². The van der Waals surface area contributed by atoms with Crippen LogP contribution < -0.4 is 5.73 Å². The monoisotopic (exact) mass is 241 g/mol. The Balaban J connectivity index is 2.26. The summed E-state index contributed by atoms with van der Waals surface area (Å²) in [4.78, 5) is 16.1. The van der Waals surface area contributed by atoms with Gasteiger partial charge in [0.1, 0.15) is 17.7 Å². The average molecular weight is 241 g/mol. The molecule has 0 bridgehead atoms. The largest absolute Gasteiger partial charge is 0.382 e. The lowest BCUT2D eigenvalue weighted by molar-refractivity contribution is 0.628. The summed E-state index contributed by atoms with van der Waals surface area (Å²) in [6, 6.07) is 4.68. The minimum Gasteiger partial charge on any atom is -0.382 e. The van der Waals surface area contributed by atoms with Gasteiger partial charge in [0.15, 0.2) is 5.82 Å². The van der Waals surface area contributed by atoms with E-state index < -0.39 is 0 Å². The second kappa shape index (κ2) is 3.99. The van der Waals surface area contributed by atoms with Crippen LogP contribution in [0.4, 0.5) is 10.2 Å². The Morgan fingerprint density at radius 2 is 2.00 bits per heavy atom. The molecule has 18 heavy (non-hydrogen) atoms. The number of fused-ring (bicyclic) bond motifs is 1. The smallest absolute Gasteiger partial charge is 0.153 e. The maximum atomic E-state index is 13.6. The molecule has 0 aliphatic rings. The number of rotatable bonds is 1. The number of hydrogen-bond acceptors (Lipinski definition) is 5. The first-order valence-electron chi connectivity index (χ1n) is 5.23. The van der Waals surface area contributed by atoms with E-state index >= 15 is 0 Å². The van der Waals surface area contributed by atoms with Crippen LogP contribution in [0.2, 0.25) is 0 Å². The minimum atomic E-state index is -0.382. The highest BCUT2D eigenvalue weighted by atomic mass is 19.1. The van der Waals surface area contributed by atoms with Crippen molar-refractivity contribution >= 4 is 16.9 Å². The lowest BCUT2D eigenvalue weighted by atomic mass is 10.1. The standard InChI is InChI=1S/C12H8FN5/c13-8-3-4-15-5-7(8)9-1-2-10-11(18-9)12(14)17-6-16-10/h1-6H,(H2,14,16,17). The quantitative estimate of drug-likeness (QED) is 0.703. The van der Waals surface area contributed by atoms with Crippen LogP contribution in [0.3, 0.4) is 0 Å². The predicted molar refractivity (Wildman–Crippen MR) is 64.9 cm³/mol. The van der Waals surface area contributed by atoms with E-state index in [1.807, 2.05) is 0 Å². The first kappa shape index (κ1) is 10.5. The van der Waals surface area contributed by atoms with E-state index in [1.165, 1.54) is 24.8 Å². The molecule has 88 valence electrons. The summed E-state index contributed by atoms with van der Waals surface area (Å²) >= 11 is 0. The number of nitrogens with two attached hydrogens (primary N) is 1. The van der Waals surface area contributed by atoms with Gasteiger partial charge in [-0.2, -0.15) is 0 Å². The van der Waals surface area contributed by atoms with Gasteiger partial charge in [0.05, 0.1) is 16.8 Å². The molecule has 0 unspecified atom stereocenters. The fraction of sp³-hybridized carbons (Fsp3) is 0. The number of pyridine rings is 2. The summed E-state index contributed by atoms with van der Waals surface area (Å²) < 4.78 is 13.6. The van der Waals surface area contributed by atoms with Gasteiger partial charge < -0.3 is 5.73 Å². The van der Waals surface area contributed by atoms with Crippen molar-refractivity contribution in [3.63, 3.8) is 0 Å². The van der Waals surface area contributed by atoms with E-state index in [1.54, 1.807) is 12.1 Å². The molecule has 0 aliphatic heterocycles. The first-order chi connectivity index (χ1) is 8.75. The molecular formula is C12H8FN5. The molecule has 3 rings (SSSR count). The Bertz CT molecular complexity index is 728. The summed E-state index contributed by atoms with van der Waals surface area (Å²) in [5.74, 6) is -0.113. The van der Waals surface area contributed by atoms with Crippen LogP contribution in [0, 0.1) is 5.82 Å². The normalized spacial score (nSPS) is 10.7. The van der Waals surface area contributed by atoms with Gasteiger partial charge in [-0.05, 0) is 18.2 Å². The fourth-order valence-electron chi connectivity index (χ4n) is 1.67. The van der Waals surface area contributed by atoms with E-state index in [9.17, 15) is 4.39 Å². The lowest BCUT2D eigenvalue weighted by Crippen LogP contribution is -1.97. The van der Waals surface area contributed by atoms with Crippen molar-refractivity contribution in [2.45, 2.75) is 0 Å². The summed E-state index contributed by atoms with van der Waals surface area (Å²) in [5.41, 5.74) is 7.57. The van der Waals surface area contributed by atoms with Gasteiger partial charge in [0, 0.05) is 12.4 Å². The molecule has 0 spiro atoms. The van der Waals surface area contributed by atoms with Gasteiger partial charge in [0.25, 0.3) is 0 Å². The third-order valence-electron chi connectivity index (χ3n) is 2.55. The molecule has 0 aliphatic carbocycles. The topological polar surface area (TPSA) is 77.6 Å². The van der Waals surface area contributed by atoms with E-state index in [4.69, 9.17) is 5.73 Å². The van der Waals surface area contributed by atoms with Crippen LogP contribution >= 0.6 is 0 Å². The molecule has 0 radical (unpaired) electrons. The van der Waals surface area contributed by atoms with E-state index in [2.05, 4.69) is 19.9 Å². The number of halogens is 1. The highest BCUT2D eigenvalue weighted by molar-refractivity contribution is 5.85. The van der Waals surface area contributed by atoms with Crippen LogP contribution in [0.5, 0.6) is 0 Å². The third kappa shape index (κ3) is 1.64. The Labute approximate surface area is 102 Å². The number of hydrogen-bond donors (Lipinski definition) is 1. The maximum Gasteiger partial charge on any atom is 0.153 e. The Morgan fingerprint density at radius 3 is 2.83 bits per heavy atom. The molecule has 0 fully saturated rings. The molecule has 5 nitrogen and oxygen atoms in total. The Morgan fingerprint density at radius 1 is 1.11 bits per heavy atom. The minimum absolute atomic E-state index is 0.270. The van der Waals surface area contributed by atoms with E-state index in [0.29, 0.717) is 22.3 Å². The molecule has 0 aromatic carbocycles. The van der Waals surface area contributed by atoms with Crippen molar-refractivity contribution in [1.82, 2.24) is 19.9 Å². The SMILES string of the molecule is Nc1ncnc2ccc(-c3cnccc3F)nc12. The van der Waals surface area contributed by atoms with Gasteiger partial charge in [-0.1, -0.05) is 0 Å². The van der Waals surface area contributed by atoms with Crippen LogP contribution in [-0.2, 0) is 0 Å². The molecule has 3 aromatic heterocycles. The third-order valence-corrected chi connectivity index (χ3v) is 2.55. The van der Waals surface area contributed by atoms with Gasteiger partial charge in [-0.3, -0.25) is 4.98 Å². The van der Waals surface area contributed by atoms with Crippen molar-refractivity contribution in [2.75, 3.05) is 5.73 Å². The van der Waals surface area contributed by atoms with Crippen LogP contribution in [0.1, 0.15) is 0 Å². The van der Waals surface area contributed by atoms with E-state index in [-0.39, 0.29) is 11.6 Å². The predicted octanol–water partition coefficient (Wildman–Crippen LogP) is 1.81. The Kier molecular flexibility index (Phi) is 2.33. The van der Waals surface area contributed by atoms with E-state index in [0.717, 1.165) is 0 Å². The van der Waals surface area contributed by atoms with Crippen molar-refractivity contribution < 1.29 is 4.39 Å². The van der Waals surface area contributed by atoms with Crippen molar-refractivity contribution in [2.24, 2.45) is 0 Å². The van der Waals surface area contributed by atoms with Gasteiger partial charge in [-0.25, -0.2) is 19.3 Å². The Hall–Kier alpha value is -2.63. The average Bonchev–Trinajstić information content (AvgIpc) is 2.40. The van der Waals surface area contributed by atoms with Crippen LogP contribution in [0.25, 0.3) is 22.3 Å². The summed E-state index contributed by atoms with van der Waals surface area (Å²) in [7, 11) is 0. The molecule has 2 N–H and O–H groups in total. The molecule has 0 saturated carbocycles.